The lowest BCUT2D eigenvalue weighted by atomic mass is 9.98. The van der Waals surface area contributed by atoms with E-state index in [1.807, 2.05) is 12.3 Å². The first-order chi connectivity index (χ1) is 12.3. The Labute approximate surface area is 150 Å². The number of β-amino-alcohol motifs (C(OH)–C–C–N with tert-alkyl or cyclic N) is 1. The lowest BCUT2D eigenvalue weighted by Crippen LogP contribution is -2.54. The molecule has 0 bridgehead atoms. The minimum atomic E-state index is -0.241. The summed E-state index contributed by atoms with van der Waals surface area (Å²) in [5.41, 5.74) is 2.35. The molecule has 0 aliphatic carbocycles. The minimum Gasteiger partial charge on any atom is -0.390 e. The summed E-state index contributed by atoms with van der Waals surface area (Å²) >= 11 is 0. The van der Waals surface area contributed by atoms with Crippen LogP contribution >= 0.6 is 0 Å². The van der Waals surface area contributed by atoms with Gasteiger partial charge in [-0.1, -0.05) is 37.1 Å². The number of nitrogens with zero attached hydrogens (tertiary/aromatic N) is 3. The summed E-state index contributed by atoms with van der Waals surface area (Å²) in [6.07, 6.45) is 7.96. The second kappa shape index (κ2) is 7.81. The molecule has 0 saturated carbocycles. The van der Waals surface area contributed by atoms with Crippen molar-refractivity contribution in [3.8, 4) is 0 Å². The van der Waals surface area contributed by atoms with E-state index in [2.05, 4.69) is 39.0 Å². The fourth-order valence-corrected chi connectivity index (χ4v) is 4.52. The first-order valence-corrected chi connectivity index (χ1v) is 9.78. The zero-order valence-electron chi connectivity index (χ0n) is 15.0. The van der Waals surface area contributed by atoms with E-state index >= 15 is 0 Å². The van der Waals surface area contributed by atoms with Gasteiger partial charge in [-0.05, 0) is 44.0 Å². The number of fused-ring (bicyclic) bond motifs is 1. The quantitative estimate of drug-likeness (QED) is 0.933. The SMILES string of the molecule is O[C@@H]1CN(Cc2cccc3cccnc23)CC[C@H]1N1CCCCCC1. The van der Waals surface area contributed by atoms with Crippen LogP contribution in [-0.4, -0.2) is 58.2 Å². The molecule has 2 aliphatic rings. The molecular weight excluding hydrogens is 310 g/mol. The van der Waals surface area contributed by atoms with Crippen LogP contribution in [0, 0.1) is 0 Å². The number of rotatable bonds is 3. The summed E-state index contributed by atoms with van der Waals surface area (Å²) in [5, 5.41) is 12.0. The highest BCUT2D eigenvalue weighted by atomic mass is 16.3. The third-order valence-electron chi connectivity index (χ3n) is 5.85. The van der Waals surface area contributed by atoms with Crippen molar-refractivity contribution in [3.63, 3.8) is 0 Å². The number of para-hydroxylation sites is 1. The molecule has 2 aliphatic heterocycles. The Bertz CT molecular complexity index is 691. The Balaban J connectivity index is 1.42. The molecule has 2 atom stereocenters. The van der Waals surface area contributed by atoms with Crippen molar-refractivity contribution in [2.45, 2.75) is 50.8 Å². The van der Waals surface area contributed by atoms with Gasteiger partial charge in [0.25, 0.3) is 0 Å². The van der Waals surface area contributed by atoms with Crippen LogP contribution in [0.5, 0.6) is 0 Å². The molecular formula is C21H29N3O. The monoisotopic (exact) mass is 339 g/mol. The van der Waals surface area contributed by atoms with Crippen LogP contribution in [0.1, 0.15) is 37.7 Å². The molecule has 1 N–H and O–H groups in total. The highest BCUT2D eigenvalue weighted by Gasteiger charge is 2.32. The molecule has 2 aromatic rings. The number of benzene rings is 1. The molecule has 3 heterocycles. The van der Waals surface area contributed by atoms with Crippen LogP contribution in [0.15, 0.2) is 36.5 Å². The number of piperidine rings is 1. The number of aliphatic hydroxyl groups excluding tert-OH is 1. The largest absolute Gasteiger partial charge is 0.390 e. The van der Waals surface area contributed by atoms with Crippen LogP contribution < -0.4 is 0 Å². The summed E-state index contributed by atoms with van der Waals surface area (Å²) in [6.45, 7) is 5.02. The van der Waals surface area contributed by atoms with Gasteiger partial charge in [-0.3, -0.25) is 14.8 Å². The van der Waals surface area contributed by atoms with E-state index in [0.29, 0.717) is 6.04 Å². The van der Waals surface area contributed by atoms with Crippen molar-refractivity contribution in [1.82, 2.24) is 14.8 Å². The van der Waals surface area contributed by atoms with Gasteiger partial charge in [-0.15, -0.1) is 0 Å². The van der Waals surface area contributed by atoms with Gasteiger partial charge >= 0.3 is 0 Å². The van der Waals surface area contributed by atoms with E-state index in [9.17, 15) is 5.11 Å². The standard InChI is InChI=1S/C21H29N3O/c25-20-16-23(14-10-19(20)24-12-3-1-2-4-13-24)15-18-8-5-7-17-9-6-11-22-21(17)18/h5-9,11,19-20,25H,1-4,10,12-16H2/t19-,20-/m1/s1. The molecule has 4 rings (SSSR count). The average Bonchev–Trinajstić information content (AvgIpc) is 2.91. The van der Waals surface area contributed by atoms with Crippen molar-refractivity contribution >= 4 is 10.9 Å². The van der Waals surface area contributed by atoms with Crippen LogP contribution in [0.4, 0.5) is 0 Å². The first-order valence-electron chi connectivity index (χ1n) is 9.78. The topological polar surface area (TPSA) is 39.6 Å². The summed E-state index contributed by atoms with van der Waals surface area (Å²) in [5.74, 6) is 0. The lowest BCUT2D eigenvalue weighted by molar-refractivity contribution is -0.0143. The Morgan fingerprint density at radius 2 is 1.80 bits per heavy atom. The first kappa shape index (κ1) is 17.0. The second-order valence-electron chi connectivity index (χ2n) is 7.60. The van der Waals surface area contributed by atoms with E-state index in [0.717, 1.165) is 44.7 Å². The Morgan fingerprint density at radius 1 is 1.00 bits per heavy atom. The van der Waals surface area contributed by atoms with Crippen molar-refractivity contribution in [2.75, 3.05) is 26.2 Å². The molecule has 134 valence electrons. The molecule has 0 radical (unpaired) electrons. The van der Waals surface area contributed by atoms with E-state index < -0.39 is 0 Å². The number of pyridine rings is 1. The maximum Gasteiger partial charge on any atom is 0.0822 e. The Morgan fingerprint density at radius 3 is 2.60 bits per heavy atom. The van der Waals surface area contributed by atoms with Gasteiger partial charge in [-0.2, -0.15) is 0 Å². The number of aromatic nitrogens is 1. The molecule has 2 saturated heterocycles. The van der Waals surface area contributed by atoms with Crippen molar-refractivity contribution in [3.05, 3.63) is 42.1 Å². The highest BCUT2D eigenvalue weighted by molar-refractivity contribution is 5.81. The van der Waals surface area contributed by atoms with Gasteiger partial charge in [-0.25, -0.2) is 0 Å². The predicted octanol–water partition coefficient (Wildman–Crippen LogP) is 3.05. The average molecular weight is 339 g/mol. The maximum atomic E-state index is 10.8. The van der Waals surface area contributed by atoms with E-state index in [1.165, 1.54) is 36.6 Å². The molecule has 0 amide bonds. The predicted molar refractivity (Wildman–Crippen MR) is 101 cm³/mol. The van der Waals surface area contributed by atoms with Crippen molar-refractivity contribution in [2.24, 2.45) is 0 Å². The van der Waals surface area contributed by atoms with Crippen LogP contribution in [0.25, 0.3) is 10.9 Å². The van der Waals surface area contributed by atoms with Crippen LogP contribution in [0.3, 0.4) is 0 Å². The number of likely N-dealkylation sites (tertiary alicyclic amines) is 2. The van der Waals surface area contributed by atoms with E-state index in [1.54, 1.807) is 0 Å². The van der Waals surface area contributed by atoms with Gasteiger partial charge in [0.15, 0.2) is 0 Å². The summed E-state index contributed by atoms with van der Waals surface area (Å²) < 4.78 is 0. The fraction of sp³-hybridized carbons (Fsp3) is 0.571. The normalized spacial score (nSPS) is 26.6. The van der Waals surface area contributed by atoms with Crippen LogP contribution in [0.2, 0.25) is 0 Å². The lowest BCUT2D eigenvalue weighted by Gasteiger charge is -2.41. The zero-order valence-corrected chi connectivity index (χ0v) is 15.0. The zero-order chi connectivity index (χ0) is 17.1. The molecule has 2 fully saturated rings. The molecule has 25 heavy (non-hydrogen) atoms. The van der Waals surface area contributed by atoms with Gasteiger partial charge in [0.2, 0.25) is 0 Å². The summed E-state index contributed by atoms with van der Waals surface area (Å²) in [6, 6.07) is 10.9. The van der Waals surface area contributed by atoms with Crippen molar-refractivity contribution < 1.29 is 5.11 Å². The molecule has 1 aromatic carbocycles. The smallest absolute Gasteiger partial charge is 0.0822 e. The van der Waals surface area contributed by atoms with E-state index in [4.69, 9.17) is 0 Å². The molecule has 4 nitrogen and oxygen atoms in total. The summed E-state index contributed by atoms with van der Waals surface area (Å²) in [7, 11) is 0. The van der Waals surface area contributed by atoms with Gasteiger partial charge < -0.3 is 5.11 Å². The third-order valence-corrected chi connectivity index (χ3v) is 5.85. The van der Waals surface area contributed by atoms with Gasteiger partial charge in [0.05, 0.1) is 11.6 Å². The summed E-state index contributed by atoms with van der Waals surface area (Å²) in [4.78, 5) is 9.51. The number of aliphatic hydroxyl groups is 1. The number of hydrogen-bond acceptors (Lipinski definition) is 4. The Hall–Kier alpha value is -1.49. The van der Waals surface area contributed by atoms with E-state index in [-0.39, 0.29) is 6.10 Å². The molecule has 0 unspecified atom stereocenters. The second-order valence-corrected chi connectivity index (χ2v) is 7.60. The third kappa shape index (κ3) is 3.86. The fourth-order valence-electron chi connectivity index (χ4n) is 4.52. The minimum absolute atomic E-state index is 0.241. The number of hydrogen-bond donors (Lipinski definition) is 1. The molecule has 1 aromatic heterocycles. The maximum absolute atomic E-state index is 10.8. The molecule has 4 heteroatoms. The van der Waals surface area contributed by atoms with Gasteiger partial charge in [0.1, 0.15) is 0 Å². The molecule has 0 spiro atoms. The Kier molecular flexibility index (Phi) is 5.30. The van der Waals surface area contributed by atoms with Crippen molar-refractivity contribution in [1.29, 1.82) is 0 Å². The van der Waals surface area contributed by atoms with Gasteiger partial charge in [0, 0.05) is 37.3 Å². The van der Waals surface area contributed by atoms with Crippen LogP contribution in [-0.2, 0) is 6.54 Å². The highest BCUT2D eigenvalue weighted by Crippen LogP contribution is 2.24.